The lowest BCUT2D eigenvalue weighted by molar-refractivity contribution is 0.171. The van der Waals surface area contributed by atoms with E-state index in [2.05, 4.69) is 20.9 Å². The smallest absolute Gasteiger partial charge is 0.191 e. The number of benzene rings is 1. The molecule has 0 amide bonds. The van der Waals surface area contributed by atoms with Gasteiger partial charge in [0.05, 0.1) is 5.33 Å². The van der Waals surface area contributed by atoms with Gasteiger partial charge in [0.25, 0.3) is 0 Å². The van der Waals surface area contributed by atoms with Gasteiger partial charge >= 0.3 is 0 Å². The maximum Gasteiger partial charge on any atom is 0.191 e. The Labute approximate surface area is 113 Å². The minimum atomic E-state index is 0.583. The Balaban J connectivity index is 2.06. The fourth-order valence-corrected chi connectivity index (χ4v) is 2.36. The number of halogens is 1. The van der Waals surface area contributed by atoms with Gasteiger partial charge in [0.15, 0.2) is 17.4 Å². The van der Waals surface area contributed by atoms with Gasteiger partial charge in [0.2, 0.25) is 0 Å². The summed E-state index contributed by atoms with van der Waals surface area (Å²) >= 11 is 3.40. The Bertz CT molecular complexity index is 580. The van der Waals surface area contributed by atoms with Crippen LogP contribution in [0.2, 0.25) is 0 Å². The molecule has 0 radical (unpaired) electrons. The fraction of sp³-hybridized carbons (Fsp3) is 0.308. The van der Waals surface area contributed by atoms with Crippen LogP contribution in [0.1, 0.15) is 11.7 Å². The first-order valence-electron chi connectivity index (χ1n) is 5.70. The fourth-order valence-electron chi connectivity index (χ4n) is 1.98. The number of fused-ring (bicyclic) bond motifs is 1. The number of hydrogen-bond acceptors (Lipinski definition) is 4. The highest BCUT2D eigenvalue weighted by Gasteiger charge is 2.16. The normalized spacial score (nSPS) is 13.7. The van der Waals surface area contributed by atoms with Crippen LogP contribution in [0.25, 0.3) is 11.3 Å². The maximum atomic E-state index is 5.57. The monoisotopic (exact) mass is 309 g/mol. The molecule has 0 bridgehead atoms. The molecule has 18 heavy (non-hydrogen) atoms. The Morgan fingerprint density at radius 2 is 2.00 bits per heavy atom. The van der Waals surface area contributed by atoms with Crippen LogP contribution in [0.3, 0.4) is 0 Å². The molecule has 2 aromatic rings. The zero-order chi connectivity index (χ0) is 12.5. The van der Waals surface area contributed by atoms with Crippen molar-refractivity contribution in [2.24, 2.45) is 0 Å². The Morgan fingerprint density at radius 3 is 2.78 bits per heavy atom. The van der Waals surface area contributed by atoms with Gasteiger partial charge in [-0.15, -0.1) is 0 Å². The highest BCUT2D eigenvalue weighted by molar-refractivity contribution is 9.08. The third-order valence-corrected chi connectivity index (χ3v) is 3.25. The molecule has 4 nitrogen and oxygen atoms in total. The molecule has 1 aromatic carbocycles. The topological polar surface area (TPSA) is 44.5 Å². The Kier molecular flexibility index (Phi) is 2.99. The average Bonchev–Trinajstić information content (AvgIpc) is 2.79. The molecule has 94 valence electrons. The van der Waals surface area contributed by atoms with Gasteiger partial charge in [0.1, 0.15) is 24.7 Å². The summed E-state index contributed by atoms with van der Waals surface area (Å²) in [6.07, 6.45) is 0. The third kappa shape index (κ3) is 1.99. The van der Waals surface area contributed by atoms with E-state index in [9.17, 15) is 0 Å². The second kappa shape index (κ2) is 4.65. The number of rotatable bonds is 2. The van der Waals surface area contributed by atoms with Crippen LogP contribution in [-0.2, 0) is 5.33 Å². The van der Waals surface area contributed by atoms with Crippen molar-refractivity contribution in [3.8, 4) is 22.8 Å². The van der Waals surface area contributed by atoms with Crippen LogP contribution in [0.5, 0.6) is 11.5 Å². The van der Waals surface area contributed by atoms with Crippen LogP contribution in [0.4, 0.5) is 0 Å². The molecular formula is C13H12BrNO3. The molecule has 0 aliphatic carbocycles. The molecule has 0 fully saturated rings. The summed E-state index contributed by atoms with van der Waals surface area (Å²) in [5, 5.41) is 0.637. The summed E-state index contributed by atoms with van der Waals surface area (Å²) in [4.78, 5) is 4.41. The molecule has 0 unspecified atom stereocenters. The molecule has 1 aliphatic rings. The van der Waals surface area contributed by atoms with E-state index in [1.54, 1.807) is 0 Å². The van der Waals surface area contributed by atoms with E-state index in [-0.39, 0.29) is 0 Å². The van der Waals surface area contributed by atoms with Crippen LogP contribution >= 0.6 is 15.9 Å². The van der Waals surface area contributed by atoms with Crippen molar-refractivity contribution in [3.63, 3.8) is 0 Å². The molecule has 2 heterocycles. The van der Waals surface area contributed by atoms with E-state index in [0.717, 1.165) is 28.5 Å². The lowest BCUT2D eigenvalue weighted by Crippen LogP contribution is -2.15. The largest absolute Gasteiger partial charge is 0.486 e. The first-order valence-corrected chi connectivity index (χ1v) is 6.82. The second-order valence-corrected chi connectivity index (χ2v) is 4.56. The van der Waals surface area contributed by atoms with Crippen molar-refractivity contribution < 1.29 is 13.9 Å². The van der Waals surface area contributed by atoms with E-state index >= 15 is 0 Å². The first-order chi connectivity index (χ1) is 8.78. The van der Waals surface area contributed by atoms with Crippen molar-refractivity contribution in [3.05, 3.63) is 29.9 Å². The summed E-state index contributed by atoms with van der Waals surface area (Å²) in [5.74, 6) is 3.03. The van der Waals surface area contributed by atoms with Crippen molar-refractivity contribution in [2.45, 2.75) is 12.3 Å². The highest BCUT2D eigenvalue weighted by atomic mass is 79.9. The van der Waals surface area contributed by atoms with E-state index in [1.165, 1.54) is 0 Å². The van der Waals surface area contributed by atoms with Crippen LogP contribution < -0.4 is 9.47 Å². The SMILES string of the molecule is Cc1nc(-c2ccc3c(c2)OCCO3)c(CBr)o1. The first kappa shape index (κ1) is 11.6. The molecule has 1 aromatic heterocycles. The predicted molar refractivity (Wildman–Crippen MR) is 70.3 cm³/mol. The molecule has 0 saturated carbocycles. The lowest BCUT2D eigenvalue weighted by Gasteiger charge is -2.18. The third-order valence-electron chi connectivity index (χ3n) is 2.74. The number of ether oxygens (including phenoxy) is 2. The molecule has 1 aliphatic heterocycles. The van der Waals surface area contributed by atoms with E-state index in [1.807, 2.05) is 25.1 Å². The van der Waals surface area contributed by atoms with Crippen molar-refractivity contribution in [1.29, 1.82) is 0 Å². The van der Waals surface area contributed by atoms with Crippen molar-refractivity contribution in [1.82, 2.24) is 4.98 Å². The van der Waals surface area contributed by atoms with Gasteiger partial charge in [-0.1, -0.05) is 15.9 Å². The van der Waals surface area contributed by atoms with Gasteiger partial charge in [0, 0.05) is 12.5 Å². The minimum Gasteiger partial charge on any atom is -0.486 e. The van der Waals surface area contributed by atoms with Crippen molar-refractivity contribution >= 4 is 15.9 Å². The number of hydrogen-bond donors (Lipinski definition) is 0. The Morgan fingerprint density at radius 1 is 1.22 bits per heavy atom. The molecule has 0 N–H and O–H groups in total. The van der Waals surface area contributed by atoms with Crippen molar-refractivity contribution in [2.75, 3.05) is 13.2 Å². The summed E-state index contributed by atoms with van der Waals surface area (Å²) in [7, 11) is 0. The van der Waals surface area contributed by atoms with Gasteiger partial charge < -0.3 is 13.9 Å². The van der Waals surface area contributed by atoms with Crippen LogP contribution in [0.15, 0.2) is 22.6 Å². The number of aromatic nitrogens is 1. The predicted octanol–water partition coefficient (Wildman–Crippen LogP) is 3.32. The number of alkyl halides is 1. The number of nitrogens with zero attached hydrogens (tertiary/aromatic N) is 1. The molecule has 5 heteroatoms. The highest BCUT2D eigenvalue weighted by Crippen LogP contribution is 2.35. The molecule has 0 saturated heterocycles. The summed E-state index contributed by atoms with van der Waals surface area (Å²) < 4.78 is 16.6. The molecule has 3 rings (SSSR count). The summed E-state index contributed by atoms with van der Waals surface area (Å²) in [6, 6.07) is 5.82. The molecular weight excluding hydrogens is 298 g/mol. The average molecular weight is 310 g/mol. The van der Waals surface area contributed by atoms with E-state index < -0.39 is 0 Å². The lowest BCUT2D eigenvalue weighted by atomic mass is 10.1. The quantitative estimate of drug-likeness (QED) is 0.798. The molecule has 0 spiro atoms. The summed E-state index contributed by atoms with van der Waals surface area (Å²) in [5.41, 5.74) is 1.83. The number of aryl methyl sites for hydroxylation is 1. The van der Waals surface area contributed by atoms with Gasteiger partial charge in [-0.25, -0.2) is 4.98 Å². The van der Waals surface area contributed by atoms with E-state index in [4.69, 9.17) is 13.9 Å². The summed E-state index contributed by atoms with van der Waals surface area (Å²) in [6.45, 7) is 3.02. The van der Waals surface area contributed by atoms with Crippen LogP contribution in [0, 0.1) is 6.92 Å². The number of oxazole rings is 1. The maximum absolute atomic E-state index is 5.57. The molecule has 0 atom stereocenters. The standard InChI is InChI=1S/C13H12BrNO3/c1-8-15-13(12(7-14)18-8)9-2-3-10-11(6-9)17-5-4-16-10/h2-3,6H,4-5,7H2,1H3. The zero-order valence-corrected chi connectivity index (χ0v) is 11.5. The Hall–Kier alpha value is -1.49. The van der Waals surface area contributed by atoms with Gasteiger partial charge in [-0.3, -0.25) is 0 Å². The van der Waals surface area contributed by atoms with Gasteiger partial charge in [-0.05, 0) is 18.2 Å². The van der Waals surface area contributed by atoms with E-state index in [0.29, 0.717) is 24.4 Å². The van der Waals surface area contributed by atoms with Crippen LogP contribution in [-0.4, -0.2) is 18.2 Å². The van der Waals surface area contributed by atoms with Gasteiger partial charge in [-0.2, -0.15) is 0 Å². The zero-order valence-electron chi connectivity index (χ0n) is 9.90. The second-order valence-electron chi connectivity index (χ2n) is 4.00. The minimum absolute atomic E-state index is 0.583.